The Morgan fingerprint density at radius 3 is 2.64 bits per heavy atom. The second kappa shape index (κ2) is 9.84. The van der Waals surface area contributed by atoms with Crippen LogP contribution in [0.3, 0.4) is 0 Å². The minimum Gasteiger partial charge on any atom is -0.478 e. The van der Waals surface area contributed by atoms with Gasteiger partial charge in [-0.1, -0.05) is 12.1 Å². The van der Waals surface area contributed by atoms with Crippen molar-refractivity contribution in [2.24, 2.45) is 0 Å². The Labute approximate surface area is 211 Å². The van der Waals surface area contributed by atoms with E-state index in [1.54, 1.807) is 13.2 Å². The van der Waals surface area contributed by atoms with E-state index >= 15 is 0 Å². The first-order valence-corrected chi connectivity index (χ1v) is 12.7. The van der Waals surface area contributed by atoms with Gasteiger partial charge >= 0.3 is 5.97 Å². The number of nitrogens with zero attached hydrogens (tertiary/aromatic N) is 1. The largest absolute Gasteiger partial charge is 0.478 e. The molecule has 192 valence electrons. The van der Waals surface area contributed by atoms with Crippen LogP contribution in [0.5, 0.6) is 0 Å². The molecule has 3 heterocycles. The minimum atomic E-state index is -0.961. The zero-order valence-electron chi connectivity index (χ0n) is 21.1. The number of anilines is 2. The van der Waals surface area contributed by atoms with Crippen molar-refractivity contribution < 1.29 is 28.9 Å². The molecule has 2 aromatic carbocycles. The SMILES string of the molecule is CCN(c1cc(-c2ccc3c(c2)NC(=O)C32CCOCC2)cc(C(=O)O)c1C)C1CCOCC1OC. The van der Waals surface area contributed by atoms with E-state index < -0.39 is 11.4 Å². The molecule has 3 aliphatic heterocycles. The number of benzene rings is 2. The van der Waals surface area contributed by atoms with E-state index in [1.807, 2.05) is 25.1 Å². The molecule has 2 fully saturated rings. The topological polar surface area (TPSA) is 97.3 Å². The summed E-state index contributed by atoms with van der Waals surface area (Å²) >= 11 is 0. The Kier molecular flexibility index (Phi) is 6.76. The molecular formula is C28H34N2O6. The van der Waals surface area contributed by atoms with Gasteiger partial charge in [0.05, 0.1) is 23.6 Å². The van der Waals surface area contributed by atoms with Gasteiger partial charge in [-0.3, -0.25) is 4.79 Å². The Morgan fingerprint density at radius 2 is 1.94 bits per heavy atom. The number of amides is 1. The summed E-state index contributed by atoms with van der Waals surface area (Å²) in [4.78, 5) is 27.5. The number of fused-ring (bicyclic) bond motifs is 2. The molecule has 3 aliphatic rings. The van der Waals surface area contributed by atoms with Gasteiger partial charge in [0.25, 0.3) is 0 Å². The van der Waals surface area contributed by atoms with Crippen molar-refractivity contribution in [1.82, 2.24) is 0 Å². The van der Waals surface area contributed by atoms with Crippen LogP contribution >= 0.6 is 0 Å². The average molecular weight is 495 g/mol. The van der Waals surface area contributed by atoms with Crippen LogP contribution in [-0.2, 0) is 24.4 Å². The van der Waals surface area contributed by atoms with Gasteiger partial charge in [0.15, 0.2) is 0 Å². The zero-order valence-corrected chi connectivity index (χ0v) is 21.1. The lowest BCUT2D eigenvalue weighted by atomic mass is 9.75. The highest BCUT2D eigenvalue weighted by molar-refractivity contribution is 6.07. The first-order chi connectivity index (χ1) is 17.4. The van der Waals surface area contributed by atoms with E-state index in [9.17, 15) is 14.7 Å². The molecular weight excluding hydrogens is 460 g/mol. The number of carbonyl (C=O) groups is 2. The monoisotopic (exact) mass is 494 g/mol. The third-order valence-corrected chi connectivity index (χ3v) is 8.13. The number of carbonyl (C=O) groups excluding carboxylic acids is 1. The standard InChI is InChI=1S/C28H34N2O6/c1-4-30(23-7-10-36-16-25(23)34-3)24-15-19(13-20(17(24)2)26(31)32)18-5-6-21-22(14-18)29-27(33)28(21)8-11-35-12-9-28/h5-6,13-15,23,25H,4,7-12,16H2,1-3H3,(H,29,33)(H,31,32). The van der Waals surface area contributed by atoms with Gasteiger partial charge in [0, 0.05) is 44.8 Å². The number of hydrogen-bond donors (Lipinski definition) is 2. The lowest BCUT2D eigenvalue weighted by Gasteiger charge is -2.41. The molecule has 8 nitrogen and oxygen atoms in total. The maximum Gasteiger partial charge on any atom is 0.336 e. The summed E-state index contributed by atoms with van der Waals surface area (Å²) in [6, 6.07) is 9.87. The predicted molar refractivity (Wildman–Crippen MR) is 137 cm³/mol. The van der Waals surface area contributed by atoms with Crippen LogP contribution in [0.1, 0.15) is 47.7 Å². The third kappa shape index (κ3) is 4.07. The number of ether oxygens (including phenoxy) is 3. The van der Waals surface area contributed by atoms with Gasteiger partial charge in [-0.2, -0.15) is 0 Å². The summed E-state index contributed by atoms with van der Waals surface area (Å²) < 4.78 is 16.9. The fourth-order valence-corrected chi connectivity index (χ4v) is 6.08. The lowest BCUT2D eigenvalue weighted by molar-refractivity contribution is -0.124. The van der Waals surface area contributed by atoms with E-state index in [0.717, 1.165) is 40.0 Å². The second-order valence-corrected chi connectivity index (χ2v) is 9.87. The summed E-state index contributed by atoms with van der Waals surface area (Å²) in [5.74, 6) is -0.936. The van der Waals surface area contributed by atoms with Gasteiger partial charge in [0.1, 0.15) is 6.10 Å². The normalized spacial score (nSPS) is 22.8. The van der Waals surface area contributed by atoms with Crippen molar-refractivity contribution in [3.05, 3.63) is 47.0 Å². The lowest BCUT2D eigenvalue weighted by Crippen LogP contribution is -2.50. The maximum absolute atomic E-state index is 13.0. The van der Waals surface area contributed by atoms with Crippen molar-refractivity contribution in [2.45, 2.75) is 50.7 Å². The molecule has 1 amide bonds. The van der Waals surface area contributed by atoms with Gasteiger partial charge in [-0.15, -0.1) is 0 Å². The van der Waals surface area contributed by atoms with Crippen LogP contribution in [0.2, 0.25) is 0 Å². The number of carboxylic acids is 1. The molecule has 2 saturated heterocycles. The molecule has 2 unspecified atom stereocenters. The van der Waals surface area contributed by atoms with Crippen LogP contribution in [0.25, 0.3) is 11.1 Å². The Bertz CT molecular complexity index is 1170. The van der Waals surface area contributed by atoms with Crippen molar-refractivity contribution in [3.63, 3.8) is 0 Å². The number of rotatable bonds is 6. The maximum atomic E-state index is 13.0. The van der Waals surface area contributed by atoms with Crippen LogP contribution in [0, 0.1) is 6.92 Å². The Morgan fingerprint density at radius 1 is 1.17 bits per heavy atom. The van der Waals surface area contributed by atoms with E-state index in [1.165, 1.54) is 0 Å². The number of hydrogen-bond acceptors (Lipinski definition) is 6. The Hall–Kier alpha value is -2.94. The number of likely N-dealkylation sites (N-methyl/N-ethyl adjacent to an activating group) is 1. The van der Waals surface area contributed by atoms with Crippen LogP contribution in [0.4, 0.5) is 11.4 Å². The second-order valence-electron chi connectivity index (χ2n) is 9.87. The smallest absolute Gasteiger partial charge is 0.336 e. The Balaban J connectivity index is 1.58. The number of carboxylic acid groups (broad SMARTS) is 1. The molecule has 0 radical (unpaired) electrons. The predicted octanol–water partition coefficient (Wildman–Crippen LogP) is 3.99. The third-order valence-electron chi connectivity index (χ3n) is 8.13. The van der Waals surface area contributed by atoms with E-state index in [2.05, 4.69) is 23.2 Å². The fourth-order valence-electron chi connectivity index (χ4n) is 6.08. The van der Waals surface area contributed by atoms with Crippen LogP contribution in [0.15, 0.2) is 30.3 Å². The van der Waals surface area contributed by atoms with Crippen LogP contribution < -0.4 is 10.2 Å². The molecule has 5 rings (SSSR count). The summed E-state index contributed by atoms with van der Waals surface area (Å²) in [5.41, 5.74) is 4.82. The number of nitrogens with one attached hydrogen (secondary N) is 1. The molecule has 2 aromatic rings. The molecule has 1 spiro atoms. The van der Waals surface area contributed by atoms with Gasteiger partial charge in [-0.05, 0) is 73.6 Å². The van der Waals surface area contributed by atoms with Crippen molar-refractivity contribution >= 4 is 23.3 Å². The summed E-state index contributed by atoms with van der Waals surface area (Å²) in [7, 11) is 1.69. The summed E-state index contributed by atoms with van der Waals surface area (Å²) in [6.07, 6.45) is 2.04. The molecule has 0 bridgehead atoms. The number of aromatic carboxylic acids is 1. The fraction of sp³-hybridized carbons (Fsp3) is 0.500. The highest BCUT2D eigenvalue weighted by Crippen LogP contribution is 2.46. The highest BCUT2D eigenvalue weighted by atomic mass is 16.5. The van der Waals surface area contributed by atoms with E-state index in [0.29, 0.717) is 45.8 Å². The van der Waals surface area contributed by atoms with Crippen LogP contribution in [-0.4, -0.2) is 69.2 Å². The van der Waals surface area contributed by atoms with Gasteiger partial charge in [0.2, 0.25) is 5.91 Å². The molecule has 36 heavy (non-hydrogen) atoms. The summed E-state index contributed by atoms with van der Waals surface area (Å²) in [5, 5.41) is 13.1. The molecule has 0 saturated carbocycles. The first kappa shape index (κ1) is 24.7. The quantitative estimate of drug-likeness (QED) is 0.627. The molecule has 0 aromatic heterocycles. The first-order valence-electron chi connectivity index (χ1n) is 12.7. The van der Waals surface area contributed by atoms with Crippen molar-refractivity contribution in [3.8, 4) is 11.1 Å². The molecule has 0 aliphatic carbocycles. The van der Waals surface area contributed by atoms with Gasteiger partial charge in [-0.25, -0.2) is 4.79 Å². The van der Waals surface area contributed by atoms with Crippen molar-refractivity contribution in [1.29, 1.82) is 0 Å². The van der Waals surface area contributed by atoms with Gasteiger partial charge < -0.3 is 29.5 Å². The number of methoxy groups -OCH3 is 1. The highest BCUT2D eigenvalue weighted by Gasteiger charge is 2.47. The zero-order chi connectivity index (χ0) is 25.4. The van der Waals surface area contributed by atoms with Crippen molar-refractivity contribution in [2.75, 3.05) is 50.3 Å². The average Bonchev–Trinajstić information content (AvgIpc) is 3.15. The molecule has 8 heteroatoms. The van der Waals surface area contributed by atoms with E-state index in [-0.39, 0.29) is 23.6 Å². The summed E-state index contributed by atoms with van der Waals surface area (Å²) in [6.45, 7) is 6.94. The molecule has 2 atom stereocenters. The van der Waals surface area contributed by atoms with E-state index in [4.69, 9.17) is 14.2 Å². The minimum absolute atomic E-state index is 0.0241. The molecule has 2 N–H and O–H groups in total.